The van der Waals surface area contributed by atoms with Crippen LogP contribution in [-0.4, -0.2) is 0 Å². The van der Waals surface area contributed by atoms with Crippen molar-refractivity contribution in [3.8, 4) is 0 Å². The highest BCUT2D eigenvalue weighted by Gasteiger charge is 2.38. The fourth-order valence-corrected chi connectivity index (χ4v) is 4.48. The number of benzene rings is 2. The van der Waals surface area contributed by atoms with E-state index >= 15 is 0 Å². The van der Waals surface area contributed by atoms with Gasteiger partial charge in [-0.1, -0.05) is 66.5 Å². The van der Waals surface area contributed by atoms with E-state index in [-0.39, 0.29) is 6.04 Å². The van der Waals surface area contributed by atoms with Gasteiger partial charge in [-0.15, -0.1) is 0 Å². The van der Waals surface area contributed by atoms with E-state index in [1.807, 2.05) is 6.07 Å². The summed E-state index contributed by atoms with van der Waals surface area (Å²) in [5.74, 6) is 0.905. The Kier molecular flexibility index (Phi) is 3.87. The maximum atomic E-state index is 6.47. The lowest BCUT2D eigenvalue weighted by molar-refractivity contribution is 0.425. The highest BCUT2D eigenvalue weighted by Crippen LogP contribution is 2.52. The number of fused-ring (bicyclic) bond motifs is 3. The van der Waals surface area contributed by atoms with E-state index in [4.69, 9.17) is 23.2 Å². The largest absolute Gasteiger partial charge is 0.376 e. The second-order valence-electron chi connectivity index (χ2n) is 6.42. The molecule has 1 N–H and O–H groups in total. The molecule has 3 heteroatoms. The quantitative estimate of drug-likeness (QED) is 0.623. The van der Waals surface area contributed by atoms with Crippen LogP contribution in [0.4, 0.5) is 5.69 Å². The van der Waals surface area contributed by atoms with Crippen molar-refractivity contribution in [1.29, 1.82) is 0 Å². The van der Waals surface area contributed by atoms with Crippen LogP contribution in [0.3, 0.4) is 0 Å². The molecule has 0 amide bonds. The maximum absolute atomic E-state index is 6.47. The summed E-state index contributed by atoms with van der Waals surface area (Å²) in [4.78, 5) is 0. The monoisotopic (exact) mass is 343 g/mol. The minimum Gasteiger partial charge on any atom is -0.376 e. The van der Waals surface area contributed by atoms with Crippen LogP contribution < -0.4 is 5.32 Å². The molecule has 0 bridgehead atoms. The Morgan fingerprint density at radius 2 is 1.91 bits per heavy atom. The second kappa shape index (κ2) is 5.89. The zero-order valence-corrected chi connectivity index (χ0v) is 14.5. The molecule has 2 aromatic carbocycles. The highest BCUT2D eigenvalue weighted by atomic mass is 35.5. The molecule has 1 aliphatic carbocycles. The maximum Gasteiger partial charge on any atom is 0.0655 e. The smallest absolute Gasteiger partial charge is 0.0655 e. The van der Waals surface area contributed by atoms with Crippen LogP contribution in [0.25, 0.3) is 0 Å². The molecule has 3 atom stereocenters. The number of hydrogen-bond donors (Lipinski definition) is 1. The highest BCUT2D eigenvalue weighted by molar-refractivity contribution is 6.36. The number of aryl methyl sites for hydroxylation is 1. The number of nitrogens with one attached hydrogen (secondary N) is 1. The van der Waals surface area contributed by atoms with Gasteiger partial charge in [0.2, 0.25) is 0 Å². The van der Waals surface area contributed by atoms with Crippen molar-refractivity contribution in [3.05, 3.63) is 75.3 Å². The van der Waals surface area contributed by atoms with Gasteiger partial charge in [-0.3, -0.25) is 0 Å². The summed E-state index contributed by atoms with van der Waals surface area (Å²) in [6, 6.07) is 13.1. The number of allylic oxidation sites excluding steroid dienone is 2. The summed E-state index contributed by atoms with van der Waals surface area (Å²) in [5, 5.41) is 5.11. The van der Waals surface area contributed by atoms with Crippen molar-refractivity contribution in [2.24, 2.45) is 5.92 Å². The Bertz CT molecular complexity index is 764. The average Bonchev–Trinajstić information content (AvgIpc) is 3.04. The van der Waals surface area contributed by atoms with Gasteiger partial charge in [0.15, 0.2) is 0 Å². The number of halogens is 2. The van der Waals surface area contributed by atoms with Crippen LogP contribution in [0.1, 0.15) is 42.0 Å². The first kappa shape index (κ1) is 15.1. The number of rotatable bonds is 2. The molecule has 0 saturated carbocycles. The van der Waals surface area contributed by atoms with Crippen molar-refractivity contribution in [3.63, 3.8) is 0 Å². The first-order valence-corrected chi connectivity index (χ1v) is 8.94. The molecule has 2 aliphatic rings. The third-order valence-electron chi connectivity index (χ3n) is 5.13. The summed E-state index contributed by atoms with van der Waals surface area (Å²) >= 11 is 12.7. The molecular weight excluding hydrogens is 325 g/mol. The molecule has 4 rings (SSSR count). The van der Waals surface area contributed by atoms with E-state index in [1.165, 1.54) is 16.7 Å². The van der Waals surface area contributed by atoms with Crippen molar-refractivity contribution in [1.82, 2.24) is 0 Å². The van der Waals surface area contributed by atoms with Crippen LogP contribution in [-0.2, 0) is 6.42 Å². The molecule has 1 heterocycles. The molecular formula is C20H19Cl2N. The molecule has 23 heavy (non-hydrogen) atoms. The predicted octanol–water partition coefficient (Wildman–Crippen LogP) is 6.38. The third kappa shape index (κ3) is 2.56. The molecule has 1 nitrogen and oxygen atoms in total. The Hall–Kier alpha value is -1.44. The van der Waals surface area contributed by atoms with Gasteiger partial charge in [0, 0.05) is 10.9 Å². The second-order valence-corrected chi connectivity index (χ2v) is 7.27. The van der Waals surface area contributed by atoms with E-state index in [1.54, 1.807) is 0 Å². The summed E-state index contributed by atoms with van der Waals surface area (Å²) in [7, 11) is 0. The molecule has 0 fully saturated rings. The molecule has 0 unspecified atom stereocenters. The van der Waals surface area contributed by atoms with Gasteiger partial charge >= 0.3 is 0 Å². The van der Waals surface area contributed by atoms with Gasteiger partial charge in [-0.25, -0.2) is 0 Å². The predicted molar refractivity (Wildman–Crippen MR) is 98.6 cm³/mol. The van der Waals surface area contributed by atoms with E-state index in [0.29, 0.717) is 21.9 Å². The summed E-state index contributed by atoms with van der Waals surface area (Å²) < 4.78 is 0. The van der Waals surface area contributed by atoms with Crippen LogP contribution >= 0.6 is 23.2 Å². The van der Waals surface area contributed by atoms with E-state index < -0.39 is 0 Å². The van der Waals surface area contributed by atoms with Gasteiger partial charge in [0.05, 0.1) is 16.8 Å². The van der Waals surface area contributed by atoms with Crippen molar-refractivity contribution >= 4 is 28.9 Å². The number of hydrogen-bond acceptors (Lipinski definition) is 1. The molecule has 0 saturated heterocycles. The first-order valence-electron chi connectivity index (χ1n) is 8.18. The van der Waals surface area contributed by atoms with Crippen LogP contribution in [0.15, 0.2) is 48.6 Å². The topological polar surface area (TPSA) is 12.0 Å². The molecule has 118 valence electrons. The summed E-state index contributed by atoms with van der Waals surface area (Å²) in [5.41, 5.74) is 4.96. The Morgan fingerprint density at radius 1 is 1.13 bits per heavy atom. The number of anilines is 1. The van der Waals surface area contributed by atoms with E-state index in [0.717, 1.165) is 18.5 Å². The lowest BCUT2D eigenvalue weighted by Gasteiger charge is -2.38. The lowest BCUT2D eigenvalue weighted by atomic mass is 9.77. The Morgan fingerprint density at radius 3 is 2.65 bits per heavy atom. The van der Waals surface area contributed by atoms with Crippen LogP contribution in [0, 0.1) is 5.92 Å². The minimum absolute atomic E-state index is 0.284. The van der Waals surface area contributed by atoms with Crippen LogP contribution in [0.2, 0.25) is 10.0 Å². The zero-order valence-electron chi connectivity index (χ0n) is 13.0. The standard InChI is InChI=1S/C20H19Cl2N/c1-2-12-6-8-13(9-7-12)19-16-5-3-4-15(16)17-10-14(21)11-18(22)20(17)23-19/h3-4,6-11,15-16,19,23H,2,5H2,1H3/t15-,16+,19+/m1/s1. The minimum atomic E-state index is 0.284. The first-order chi connectivity index (χ1) is 11.2. The molecule has 0 aromatic heterocycles. The van der Waals surface area contributed by atoms with Gasteiger partial charge in [0.25, 0.3) is 0 Å². The van der Waals surface area contributed by atoms with Gasteiger partial charge < -0.3 is 5.32 Å². The van der Waals surface area contributed by atoms with Gasteiger partial charge in [-0.05, 0) is 47.6 Å². The summed E-state index contributed by atoms with van der Waals surface area (Å²) in [6.07, 6.45) is 6.75. The fourth-order valence-electron chi connectivity index (χ4n) is 3.91. The Labute approximate surface area is 147 Å². The molecule has 0 spiro atoms. The molecule has 2 aromatic rings. The molecule has 1 aliphatic heterocycles. The Balaban J connectivity index is 1.78. The van der Waals surface area contributed by atoms with E-state index in [2.05, 4.69) is 54.7 Å². The fraction of sp³-hybridized carbons (Fsp3) is 0.300. The van der Waals surface area contributed by atoms with Crippen molar-refractivity contribution < 1.29 is 0 Å². The summed E-state index contributed by atoms with van der Waals surface area (Å²) in [6.45, 7) is 2.19. The SMILES string of the molecule is CCc1ccc([C@@H]2Nc3c(Cl)cc(Cl)cc3[C@@H]3C=CC[C@@H]32)cc1. The zero-order chi connectivity index (χ0) is 16.0. The van der Waals surface area contributed by atoms with E-state index in [9.17, 15) is 0 Å². The van der Waals surface area contributed by atoms with Crippen LogP contribution in [0.5, 0.6) is 0 Å². The van der Waals surface area contributed by atoms with Gasteiger partial charge in [-0.2, -0.15) is 0 Å². The van der Waals surface area contributed by atoms with Gasteiger partial charge in [0.1, 0.15) is 0 Å². The normalized spacial score (nSPS) is 24.9. The lowest BCUT2D eigenvalue weighted by Crippen LogP contribution is -2.29. The van der Waals surface area contributed by atoms with Crippen molar-refractivity contribution in [2.75, 3.05) is 5.32 Å². The molecule has 0 radical (unpaired) electrons. The average molecular weight is 344 g/mol. The third-order valence-corrected chi connectivity index (χ3v) is 5.65. The van der Waals surface area contributed by atoms with Crippen molar-refractivity contribution in [2.45, 2.75) is 31.7 Å².